The predicted molar refractivity (Wildman–Crippen MR) is 231 cm³/mol. The van der Waals surface area contributed by atoms with Crippen LogP contribution in [0.15, 0.2) is 122 Å². The third-order valence-electron chi connectivity index (χ3n) is 8.90. The number of rotatable bonds is 11. The highest BCUT2D eigenvalue weighted by molar-refractivity contribution is 7.97. The minimum absolute atomic E-state index is 0. The number of likely N-dealkylation sites (N-methyl/N-ethyl adjacent to an activating group) is 2. The van der Waals surface area contributed by atoms with Crippen LogP contribution in [-0.4, -0.2) is 92.5 Å². The van der Waals surface area contributed by atoms with Crippen LogP contribution in [0.3, 0.4) is 0 Å². The van der Waals surface area contributed by atoms with Crippen molar-refractivity contribution in [3.05, 3.63) is 144 Å². The number of aromatic nitrogens is 2. The quantitative estimate of drug-likeness (QED) is 0.104. The van der Waals surface area contributed by atoms with Gasteiger partial charge in [-0.25, -0.2) is 0 Å². The van der Waals surface area contributed by atoms with Crippen molar-refractivity contribution in [1.29, 1.82) is 0 Å². The summed E-state index contributed by atoms with van der Waals surface area (Å²) in [6.07, 6.45) is 12.1. The molecule has 3 radical (unpaired) electrons. The minimum atomic E-state index is -0.539. The number of nitrogens with one attached hydrogen (secondary N) is 2. The van der Waals surface area contributed by atoms with Gasteiger partial charge in [-0.1, -0.05) is 97.1 Å². The molecular formula is C44H58BN6O2S. The van der Waals surface area contributed by atoms with Gasteiger partial charge >= 0.3 is 0 Å². The van der Waals surface area contributed by atoms with Crippen LogP contribution >= 0.6 is 11.8 Å². The third-order valence-corrected chi connectivity index (χ3v) is 8.90. The first kappa shape index (κ1) is 44.1. The fraction of sp³-hybridized carbons (Fsp3) is 0.341. The maximum atomic E-state index is 12.5. The Morgan fingerprint density at radius 1 is 0.704 bits per heavy atom. The molecule has 2 aromatic heterocycles. The van der Waals surface area contributed by atoms with E-state index in [4.69, 9.17) is 16.2 Å². The van der Waals surface area contributed by atoms with Crippen molar-refractivity contribution in [1.82, 2.24) is 19.8 Å². The van der Waals surface area contributed by atoms with Crippen LogP contribution in [-0.2, 0) is 35.5 Å². The molecule has 4 aromatic carbocycles. The van der Waals surface area contributed by atoms with E-state index in [1.807, 2.05) is 79.4 Å². The van der Waals surface area contributed by atoms with E-state index in [9.17, 15) is 4.79 Å². The number of nitrogens with two attached hydrogens (primary N) is 2. The Kier molecular flexibility index (Phi) is 19.7. The average molecular weight is 746 g/mol. The van der Waals surface area contributed by atoms with Gasteiger partial charge in [0.1, 0.15) is 0 Å². The van der Waals surface area contributed by atoms with Gasteiger partial charge in [-0.15, -0.1) is 0 Å². The van der Waals surface area contributed by atoms with Gasteiger partial charge in [-0.2, -0.15) is 11.8 Å². The van der Waals surface area contributed by atoms with Crippen molar-refractivity contribution in [2.75, 3.05) is 46.4 Å². The van der Waals surface area contributed by atoms with Gasteiger partial charge in [0.25, 0.3) is 0 Å². The Balaban J connectivity index is 0.000000238. The smallest absolute Gasteiger partial charge is 0.239 e. The number of thioether (sulfide) groups is 1. The number of amides is 1. The van der Waals surface area contributed by atoms with Crippen LogP contribution < -0.4 is 11.5 Å². The zero-order valence-corrected chi connectivity index (χ0v) is 33.2. The molecule has 2 atom stereocenters. The summed E-state index contributed by atoms with van der Waals surface area (Å²) in [5.41, 5.74) is 19.6. The predicted octanol–water partition coefficient (Wildman–Crippen LogP) is 7.26. The van der Waals surface area contributed by atoms with Crippen molar-refractivity contribution >= 4 is 47.9 Å². The lowest BCUT2D eigenvalue weighted by Crippen LogP contribution is -2.42. The zero-order valence-electron chi connectivity index (χ0n) is 32.4. The number of fused-ring (bicyclic) bond motifs is 2. The highest BCUT2D eigenvalue weighted by atomic mass is 32.2. The van der Waals surface area contributed by atoms with Crippen LogP contribution in [0.4, 0.5) is 0 Å². The fourth-order valence-corrected chi connectivity index (χ4v) is 6.36. The molecule has 7 rings (SSSR count). The first-order chi connectivity index (χ1) is 25.8. The molecule has 54 heavy (non-hydrogen) atoms. The number of H-pyrrole nitrogens is 2. The van der Waals surface area contributed by atoms with Crippen LogP contribution in [0.25, 0.3) is 21.8 Å². The normalized spacial score (nSPS) is 13.0. The first-order valence-electron chi connectivity index (χ1n) is 18.4. The lowest BCUT2D eigenvalue weighted by atomic mass is 10.0. The summed E-state index contributed by atoms with van der Waals surface area (Å²) in [6.45, 7) is 4.39. The molecule has 3 heterocycles. The van der Waals surface area contributed by atoms with Crippen molar-refractivity contribution in [3.63, 3.8) is 0 Å². The standard InChI is InChI=1S/C19H21N3O.C19H23N3.C4H8O.C2H6S.B/c1-22(13-14-7-3-2-4-8-14)19(23)17(20)11-15-12-21-18-10-6-5-9-16(15)18;1-22(13-15-7-3-2-4-8-15)14-17(20)11-16-12-21-19-10-6-5-9-18(16)19;1-2-4-5-3-1;1-3-2;/h2-10,12,17,21H,11,13,20H2,1H3;2-10,12,17,21H,11,13-14,20H2,1H3;1-4H2;1-2H3;/t2*17-;;;/m00.../s1. The number of benzene rings is 4. The second kappa shape index (κ2) is 24.2. The summed E-state index contributed by atoms with van der Waals surface area (Å²) in [5, 5.41) is 2.41. The van der Waals surface area contributed by atoms with Gasteiger partial charge in [0, 0.05) is 88.6 Å². The second-order valence-corrected chi connectivity index (χ2v) is 14.4. The molecule has 6 N–H and O–H groups in total. The van der Waals surface area contributed by atoms with Gasteiger partial charge in [-0.05, 0) is 79.6 Å². The van der Waals surface area contributed by atoms with E-state index < -0.39 is 6.04 Å². The molecule has 6 aromatic rings. The maximum absolute atomic E-state index is 12.5. The number of aromatic amines is 2. The topological polar surface area (TPSA) is 116 Å². The van der Waals surface area contributed by atoms with E-state index in [0.717, 1.165) is 54.8 Å². The fourth-order valence-electron chi connectivity index (χ4n) is 6.36. The van der Waals surface area contributed by atoms with E-state index in [1.54, 1.807) is 23.7 Å². The summed E-state index contributed by atoms with van der Waals surface area (Å²) in [6, 6.07) is 36.5. The number of ether oxygens (including phenoxy) is 1. The molecule has 0 saturated carbocycles. The van der Waals surface area contributed by atoms with Crippen LogP contribution in [0.2, 0.25) is 0 Å². The molecule has 1 saturated heterocycles. The van der Waals surface area contributed by atoms with Gasteiger partial charge in [-0.3, -0.25) is 4.79 Å². The largest absolute Gasteiger partial charge is 0.381 e. The molecule has 1 aliphatic rings. The lowest BCUT2D eigenvalue weighted by Gasteiger charge is -2.21. The molecule has 285 valence electrons. The Bertz CT molecular complexity index is 1890. The maximum Gasteiger partial charge on any atom is 0.239 e. The molecule has 8 nitrogen and oxygen atoms in total. The first-order valence-corrected chi connectivity index (χ1v) is 20.0. The van der Waals surface area contributed by atoms with Crippen LogP contribution in [0.1, 0.15) is 35.1 Å². The minimum Gasteiger partial charge on any atom is -0.381 e. The molecule has 0 aliphatic carbocycles. The van der Waals surface area contributed by atoms with Gasteiger partial charge in [0.15, 0.2) is 0 Å². The Labute approximate surface area is 328 Å². The Hall–Kier alpha value is -4.32. The third kappa shape index (κ3) is 14.5. The molecule has 0 bridgehead atoms. The molecule has 1 aliphatic heterocycles. The number of hydrogen-bond donors (Lipinski definition) is 4. The monoisotopic (exact) mass is 745 g/mol. The van der Waals surface area contributed by atoms with Crippen LogP contribution in [0.5, 0.6) is 0 Å². The Morgan fingerprint density at radius 2 is 1.15 bits per heavy atom. The lowest BCUT2D eigenvalue weighted by molar-refractivity contribution is -0.131. The number of hydrogen-bond acceptors (Lipinski definition) is 6. The molecular weight excluding hydrogens is 687 g/mol. The zero-order chi connectivity index (χ0) is 37.8. The molecule has 0 spiro atoms. The number of carbonyl (C=O) groups excluding carboxylic acids is 1. The number of para-hydroxylation sites is 2. The molecule has 10 heteroatoms. The summed E-state index contributed by atoms with van der Waals surface area (Å²) in [5.74, 6) is -0.0425. The molecule has 0 unspecified atom stereocenters. The van der Waals surface area contributed by atoms with E-state index in [-0.39, 0.29) is 20.4 Å². The van der Waals surface area contributed by atoms with E-state index in [1.165, 1.54) is 34.9 Å². The van der Waals surface area contributed by atoms with Gasteiger partial charge < -0.3 is 36.0 Å². The summed E-state index contributed by atoms with van der Waals surface area (Å²) >= 11 is 1.75. The summed E-state index contributed by atoms with van der Waals surface area (Å²) in [7, 11) is 3.92. The van der Waals surface area contributed by atoms with Crippen LogP contribution in [0, 0.1) is 0 Å². The van der Waals surface area contributed by atoms with Crippen molar-refractivity contribution < 1.29 is 9.53 Å². The van der Waals surface area contributed by atoms with Gasteiger partial charge in [0.05, 0.1) is 6.04 Å². The number of nitrogens with zero attached hydrogens (tertiary/aromatic N) is 2. The van der Waals surface area contributed by atoms with E-state index in [2.05, 4.69) is 76.6 Å². The SMILES string of the molecule is C1CCOC1.CN(Cc1ccccc1)C(=O)[C@@H](N)Cc1c[nH]c2ccccc12.CN(Cc1ccccc1)C[C@@H](N)Cc1c[nH]c2ccccc12.CSC.[B]. The van der Waals surface area contributed by atoms with Crippen molar-refractivity contribution in [2.45, 2.75) is 50.9 Å². The highest BCUT2D eigenvalue weighted by Gasteiger charge is 2.20. The highest BCUT2D eigenvalue weighted by Crippen LogP contribution is 2.20. The van der Waals surface area contributed by atoms with Crippen molar-refractivity contribution in [3.8, 4) is 0 Å². The second-order valence-electron chi connectivity index (χ2n) is 13.6. The summed E-state index contributed by atoms with van der Waals surface area (Å²) < 4.78 is 4.94. The van der Waals surface area contributed by atoms with Gasteiger partial charge in [0.2, 0.25) is 5.91 Å². The average Bonchev–Trinajstić information content (AvgIpc) is 3.97. The molecule has 1 amide bonds. The Morgan fingerprint density at radius 3 is 1.63 bits per heavy atom. The van der Waals surface area contributed by atoms with Crippen molar-refractivity contribution in [2.24, 2.45) is 11.5 Å². The molecule has 1 fully saturated rings. The summed E-state index contributed by atoms with van der Waals surface area (Å²) in [4.78, 5) is 23.0. The van der Waals surface area contributed by atoms with E-state index in [0.29, 0.717) is 13.0 Å². The van der Waals surface area contributed by atoms with E-state index >= 15 is 0 Å². The number of carbonyl (C=O) groups is 1.